The molecule has 3 aromatic carbocycles. The van der Waals surface area contributed by atoms with Crippen LogP contribution in [0.3, 0.4) is 0 Å². The first kappa shape index (κ1) is 24.5. The summed E-state index contributed by atoms with van der Waals surface area (Å²) in [6, 6.07) is 20.3. The van der Waals surface area contributed by atoms with Gasteiger partial charge in [0.05, 0.1) is 12.2 Å². The van der Waals surface area contributed by atoms with Crippen LogP contribution in [0.1, 0.15) is 40.0 Å². The molecule has 0 saturated heterocycles. The molecule has 5 rings (SSSR count). The van der Waals surface area contributed by atoms with Crippen LogP contribution in [0.5, 0.6) is 0 Å². The van der Waals surface area contributed by atoms with Crippen molar-refractivity contribution in [2.24, 2.45) is 0 Å². The summed E-state index contributed by atoms with van der Waals surface area (Å²) in [7, 11) is 0. The highest BCUT2D eigenvalue weighted by atomic mass is 19.4. The van der Waals surface area contributed by atoms with E-state index in [4.69, 9.17) is 0 Å². The number of hydrogen-bond acceptors (Lipinski definition) is 3. The molecule has 1 aliphatic rings. The van der Waals surface area contributed by atoms with E-state index >= 15 is 0 Å². The van der Waals surface area contributed by atoms with E-state index in [0.29, 0.717) is 18.5 Å². The second-order valence-corrected chi connectivity index (χ2v) is 8.96. The lowest BCUT2D eigenvalue weighted by Gasteiger charge is -2.34. The number of benzene rings is 3. The number of alkyl halides is 3. The number of amides is 1. The second-order valence-electron chi connectivity index (χ2n) is 8.96. The van der Waals surface area contributed by atoms with Gasteiger partial charge < -0.3 is 10.6 Å². The van der Waals surface area contributed by atoms with Crippen LogP contribution in [-0.4, -0.2) is 28.4 Å². The van der Waals surface area contributed by atoms with Crippen LogP contribution < -0.4 is 10.6 Å². The highest BCUT2D eigenvalue weighted by molar-refractivity contribution is 5.98. The summed E-state index contributed by atoms with van der Waals surface area (Å²) < 4.78 is 55.6. The van der Waals surface area contributed by atoms with Gasteiger partial charge in [-0.05, 0) is 40.8 Å². The summed E-state index contributed by atoms with van der Waals surface area (Å²) in [5.41, 5.74) is 3.59. The van der Waals surface area contributed by atoms with Gasteiger partial charge in [-0.2, -0.15) is 18.3 Å². The van der Waals surface area contributed by atoms with Gasteiger partial charge >= 0.3 is 6.18 Å². The van der Waals surface area contributed by atoms with E-state index in [1.165, 1.54) is 18.3 Å². The van der Waals surface area contributed by atoms with Gasteiger partial charge in [-0.1, -0.05) is 66.7 Å². The van der Waals surface area contributed by atoms with E-state index in [1.807, 2.05) is 24.3 Å². The zero-order valence-electron chi connectivity index (χ0n) is 19.7. The minimum Gasteiger partial charge on any atom is -0.363 e. The van der Waals surface area contributed by atoms with Gasteiger partial charge in [-0.25, -0.2) is 9.07 Å². The molecule has 2 atom stereocenters. The summed E-state index contributed by atoms with van der Waals surface area (Å²) in [5.74, 6) is -0.731. The number of carbonyl (C=O) groups excluding carboxylic acids is 1. The van der Waals surface area contributed by atoms with Crippen molar-refractivity contribution in [3.8, 4) is 11.1 Å². The standard InChI is InChI=1S/C28H24F4N4O/c29-22-12-10-20(11-13-22)19-8-6-18(7-9-19)14-15-33-27(37)23-17-34-36-25(28(30,31)32)16-24(35-26(23)36)21-4-2-1-3-5-21/h1-13,17,24-25,35H,14-16H2,(H,33,37)/t24?,25-/m0/s1. The molecule has 37 heavy (non-hydrogen) atoms. The molecule has 0 fully saturated rings. The average molecular weight is 509 g/mol. The molecule has 2 heterocycles. The van der Waals surface area contributed by atoms with Crippen molar-refractivity contribution >= 4 is 11.7 Å². The van der Waals surface area contributed by atoms with Crippen molar-refractivity contribution < 1.29 is 22.4 Å². The summed E-state index contributed by atoms with van der Waals surface area (Å²) in [4.78, 5) is 12.9. The van der Waals surface area contributed by atoms with Crippen molar-refractivity contribution in [2.45, 2.75) is 31.1 Å². The highest BCUT2D eigenvalue weighted by Crippen LogP contribution is 2.44. The molecule has 0 radical (unpaired) electrons. The number of anilines is 1. The maximum Gasteiger partial charge on any atom is 0.410 e. The Morgan fingerprint density at radius 1 is 0.973 bits per heavy atom. The van der Waals surface area contributed by atoms with Crippen LogP contribution >= 0.6 is 0 Å². The first-order chi connectivity index (χ1) is 17.8. The molecule has 0 aliphatic carbocycles. The van der Waals surface area contributed by atoms with Gasteiger partial charge in [-0.3, -0.25) is 4.79 Å². The summed E-state index contributed by atoms with van der Waals surface area (Å²) in [6.07, 6.45) is -3.02. The van der Waals surface area contributed by atoms with Crippen LogP contribution in [0.2, 0.25) is 0 Å². The molecule has 1 unspecified atom stereocenters. The Balaban J connectivity index is 1.26. The van der Waals surface area contributed by atoms with Crippen molar-refractivity contribution in [3.63, 3.8) is 0 Å². The van der Waals surface area contributed by atoms with E-state index < -0.39 is 24.2 Å². The minimum absolute atomic E-state index is 0.0589. The molecule has 4 aromatic rings. The Labute approximate surface area is 211 Å². The van der Waals surface area contributed by atoms with Gasteiger partial charge in [-0.15, -0.1) is 0 Å². The Hall–Kier alpha value is -4.14. The fourth-order valence-corrected chi connectivity index (χ4v) is 4.55. The predicted molar refractivity (Wildman–Crippen MR) is 133 cm³/mol. The minimum atomic E-state index is -4.51. The lowest BCUT2D eigenvalue weighted by Crippen LogP contribution is -2.36. The lowest BCUT2D eigenvalue weighted by molar-refractivity contribution is -0.173. The SMILES string of the molecule is O=C(NCCc1ccc(-c2ccc(F)cc2)cc1)c1cnn2c1NC(c1ccccc1)C[C@H]2C(F)(F)F. The first-order valence-electron chi connectivity index (χ1n) is 11.9. The van der Waals surface area contributed by atoms with Crippen LogP contribution in [0.4, 0.5) is 23.4 Å². The third-order valence-electron chi connectivity index (χ3n) is 6.52. The zero-order chi connectivity index (χ0) is 26.0. The molecule has 1 aliphatic heterocycles. The van der Waals surface area contributed by atoms with Crippen molar-refractivity contribution in [1.82, 2.24) is 15.1 Å². The summed E-state index contributed by atoms with van der Waals surface area (Å²) in [5, 5.41) is 9.80. The molecule has 0 bridgehead atoms. The van der Waals surface area contributed by atoms with E-state index in [1.54, 1.807) is 42.5 Å². The van der Waals surface area contributed by atoms with E-state index in [2.05, 4.69) is 15.7 Å². The average Bonchev–Trinajstić information content (AvgIpc) is 3.33. The molecule has 0 spiro atoms. The van der Waals surface area contributed by atoms with Crippen LogP contribution in [0.15, 0.2) is 85.1 Å². The first-order valence-corrected chi connectivity index (χ1v) is 11.9. The quantitative estimate of drug-likeness (QED) is 0.300. The van der Waals surface area contributed by atoms with Crippen molar-refractivity contribution in [3.05, 3.63) is 108 Å². The maximum absolute atomic E-state index is 13.9. The summed E-state index contributed by atoms with van der Waals surface area (Å²) in [6.45, 7) is 0.296. The predicted octanol–water partition coefficient (Wildman–Crippen LogP) is 6.32. The largest absolute Gasteiger partial charge is 0.410 e. The molecular formula is C28H24F4N4O. The number of nitrogens with one attached hydrogen (secondary N) is 2. The lowest BCUT2D eigenvalue weighted by atomic mass is 9.96. The van der Waals surface area contributed by atoms with Crippen LogP contribution in [-0.2, 0) is 6.42 Å². The van der Waals surface area contributed by atoms with Gasteiger partial charge in [0.2, 0.25) is 0 Å². The van der Waals surface area contributed by atoms with Gasteiger partial charge in [0.25, 0.3) is 5.91 Å². The van der Waals surface area contributed by atoms with E-state index in [-0.39, 0.29) is 23.6 Å². The fourth-order valence-electron chi connectivity index (χ4n) is 4.55. The number of aromatic nitrogens is 2. The fraction of sp³-hybridized carbons (Fsp3) is 0.214. The van der Waals surface area contributed by atoms with Gasteiger partial charge in [0, 0.05) is 13.0 Å². The van der Waals surface area contributed by atoms with E-state index in [9.17, 15) is 22.4 Å². The normalized spacial score (nSPS) is 17.1. The molecular weight excluding hydrogens is 484 g/mol. The van der Waals surface area contributed by atoms with Crippen molar-refractivity contribution in [2.75, 3.05) is 11.9 Å². The third-order valence-corrected chi connectivity index (χ3v) is 6.52. The Bertz CT molecular complexity index is 1370. The Morgan fingerprint density at radius 3 is 2.27 bits per heavy atom. The third kappa shape index (κ3) is 5.35. The molecule has 190 valence electrons. The van der Waals surface area contributed by atoms with Gasteiger partial charge in [0.1, 0.15) is 17.2 Å². The zero-order valence-corrected chi connectivity index (χ0v) is 19.7. The number of halogens is 4. The number of carbonyl (C=O) groups is 1. The summed E-state index contributed by atoms with van der Waals surface area (Å²) >= 11 is 0. The topological polar surface area (TPSA) is 59.0 Å². The second kappa shape index (κ2) is 10.1. The Kier molecular flexibility index (Phi) is 6.69. The van der Waals surface area contributed by atoms with Crippen LogP contribution in [0.25, 0.3) is 11.1 Å². The number of hydrogen-bond donors (Lipinski definition) is 2. The van der Waals surface area contributed by atoms with E-state index in [0.717, 1.165) is 21.4 Å². The van der Waals surface area contributed by atoms with Crippen molar-refractivity contribution in [1.29, 1.82) is 0 Å². The molecule has 2 N–H and O–H groups in total. The molecule has 1 aromatic heterocycles. The monoisotopic (exact) mass is 508 g/mol. The number of nitrogens with zero attached hydrogens (tertiary/aromatic N) is 2. The smallest absolute Gasteiger partial charge is 0.363 e. The Morgan fingerprint density at radius 2 is 1.62 bits per heavy atom. The van der Waals surface area contributed by atoms with Gasteiger partial charge in [0.15, 0.2) is 6.04 Å². The maximum atomic E-state index is 13.9. The highest BCUT2D eigenvalue weighted by Gasteiger charge is 2.47. The molecule has 1 amide bonds. The molecule has 9 heteroatoms. The van der Waals surface area contributed by atoms with Crippen LogP contribution in [0, 0.1) is 5.82 Å². The molecule has 0 saturated carbocycles. The number of rotatable bonds is 6. The molecule has 5 nitrogen and oxygen atoms in total. The number of fused-ring (bicyclic) bond motifs is 1.